The van der Waals surface area contributed by atoms with Crippen LogP contribution in [0.5, 0.6) is 0 Å². The van der Waals surface area contributed by atoms with Gasteiger partial charge in [-0.15, -0.1) is 0 Å². The highest BCUT2D eigenvalue weighted by molar-refractivity contribution is 5.97. The Morgan fingerprint density at radius 3 is 2.17 bits per heavy atom. The van der Waals surface area contributed by atoms with Crippen LogP contribution in [0.2, 0.25) is 0 Å². The van der Waals surface area contributed by atoms with E-state index in [1.807, 2.05) is 45.0 Å². The minimum Gasteiger partial charge on any atom is -0.372 e. The third-order valence-electron chi connectivity index (χ3n) is 4.28. The van der Waals surface area contributed by atoms with E-state index in [0.717, 1.165) is 18.8 Å². The zero-order valence-electron chi connectivity index (χ0n) is 15.2. The third-order valence-corrected chi connectivity index (χ3v) is 4.28. The predicted octanol–water partition coefficient (Wildman–Crippen LogP) is 3.17. The maximum atomic E-state index is 12.2. The van der Waals surface area contributed by atoms with E-state index in [0.29, 0.717) is 0 Å². The quantitative estimate of drug-likeness (QED) is 0.891. The first-order valence-electron chi connectivity index (χ1n) is 8.74. The molecular formula is C19H29N3O2. The first-order chi connectivity index (χ1) is 11.3. The number of hydrogen-bond donors (Lipinski definition) is 2. The van der Waals surface area contributed by atoms with E-state index in [4.69, 9.17) is 0 Å². The molecule has 2 N–H and O–H groups in total. The molecule has 1 aliphatic heterocycles. The summed E-state index contributed by atoms with van der Waals surface area (Å²) in [5, 5.41) is 5.60. The molecule has 0 aliphatic carbocycles. The first-order valence-corrected chi connectivity index (χ1v) is 8.74. The Hall–Kier alpha value is -2.04. The number of rotatable bonds is 4. The molecule has 132 valence electrons. The van der Waals surface area contributed by atoms with Crippen molar-refractivity contribution in [3.05, 3.63) is 24.3 Å². The SMILES string of the molecule is C[C@@H](NC(=O)C(C)(C)C)C(=O)Nc1ccc(N2CCCCC2)cc1. The summed E-state index contributed by atoms with van der Waals surface area (Å²) in [6.07, 6.45) is 3.79. The zero-order valence-corrected chi connectivity index (χ0v) is 15.2. The van der Waals surface area contributed by atoms with Gasteiger partial charge in [0, 0.05) is 29.9 Å². The fraction of sp³-hybridized carbons (Fsp3) is 0.579. The molecule has 1 aromatic carbocycles. The molecule has 0 spiro atoms. The number of carbonyl (C=O) groups is 2. The molecule has 1 saturated heterocycles. The lowest BCUT2D eigenvalue weighted by atomic mass is 9.95. The van der Waals surface area contributed by atoms with Gasteiger partial charge in [0.15, 0.2) is 0 Å². The van der Waals surface area contributed by atoms with E-state index in [9.17, 15) is 9.59 Å². The molecule has 24 heavy (non-hydrogen) atoms. The van der Waals surface area contributed by atoms with Crippen molar-refractivity contribution in [3.63, 3.8) is 0 Å². The number of benzene rings is 1. The van der Waals surface area contributed by atoms with Crippen LogP contribution >= 0.6 is 0 Å². The van der Waals surface area contributed by atoms with Crippen LogP contribution < -0.4 is 15.5 Å². The van der Waals surface area contributed by atoms with Gasteiger partial charge >= 0.3 is 0 Å². The number of piperidine rings is 1. The van der Waals surface area contributed by atoms with Gasteiger partial charge in [0.25, 0.3) is 0 Å². The van der Waals surface area contributed by atoms with Crippen LogP contribution in [0.4, 0.5) is 11.4 Å². The molecule has 1 fully saturated rings. The van der Waals surface area contributed by atoms with Gasteiger partial charge in [-0.2, -0.15) is 0 Å². The summed E-state index contributed by atoms with van der Waals surface area (Å²) in [5.41, 5.74) is 1.43. The lowest BCUT2D eigenvalue weighted by molar-refractivity contribution is -0.131. The van der Waals surface area contributed by atoms with Gasteiger partial charge in [-0.3, -0.25) is 9.59 Å². The van der Waals surface area contributed by atoms with Crippen molar-refractivity contribution in [2.45, 2.75) is 53.0 Å². The van der Waals surface area contributed by atoms with Crippen LogP contribution in [-0.4, -0.2) is 30.9 Å². The molecule has 2 rings (SSSR count). The van der Waals surface area contributed by atoms with Gasteiger partial charge in [-0.25, -0.2) is 0 Å². The molecule has 1 aliphatic rings. The van der Waals surface area contributed by atoms with Crippen molar-refractivity contribution < 1.29 is 9.59 Å². The summed E-state index contributed by atoms with van der Waals surface area (Å²) in [6, 6.07) is 7.34. The second-order valence-corrected chi connectivity index (χ2v) is 7.53. The average Bonchev–Trinajstić information content (AvgIpc) is 2.55. The van der Waals surface area contributed by atoms with Gasteiger partial charge in [0.05, 0.1) is 0 Å². The van der Waals surface area contributed by atoms with Crippen LogP contribution in [0.3, 0.4) is 0 Å². The van der Waals surface area contributed by atoms with E-state index in [-0.39, 0.29) is 11.8 Å². The minimum atomic E-state index is -0.571. The molecular weight excluding hydrogens is 302 g/mol. The normalized spacial score (nSPS) is 16.4. The van der Waals surface area contributed by atoms with E-state index < -0.39 is 11.5 Å². The van der Waals surface area contributed by atoms with E-state index >= 15 is 0 Å². The summed E-state index contributed by atoms with van der Waals surface area (Å²) >= 11 is 0. The summed E-state index contributed by atoms with van der Waals surface area (Å²) in [7, 11) is 0. The van der Waals surface area contributed by atoms with Crippen molar-refractivity contribution in [2.24, 2.45) is 5.41 Å². The molecule has 0 saturated carbocycles. The number of amides is 2. The molecule has 2 amide bonds. The summed E-state index contributed by atoms with van der Waals surface area (Å²) in [4.78, 5) is 26.6. The standard InChI is InChI=1S/C19H29N3O2/c1-14(20-18(24)19(2,3)4)17(23)21-15-8-10-16(11-9-15)22-12-6-5-7-13-22/h8-11,14H,5-7,12-13H2,1-4H3,(H,20,24)(H,21,23)/t14-/m1/s1. The number of nitrogens with one attached hydrogen (secondary N) is 2. The maximum Gasteiger partial charge on any atom is 0.246 e. The topological polar surface area (TPSA) is 61.4 Å². The van der Waals surface area contributed by atoms with Gasteiger partial charge in [0.1, 0.15) is 6.04 Å². The van der Waals surface area contributed by atoms with E-state index in [1.54, 1.807) is 6.92 Å². The molecule has 5 nitrogen and oxygen atoms in total. The van der Waals surface area contributed by atoms with Gasteiger partial charge in [-0.1, -0.05) is 20.8 Å². The molecule has 0 unspecified atom stereocenters. The Balaban J connectivity index is 1.90. The van der Waals surface area contributed by atoms with E-state index in [1.165, 1.54) is 24.9 Å². The zero-order chi connectivity index (χ0) is 17.7. The molecule has 5 heteroatoms. The highest BCUT2D eigenvalue weighted by Gasteiger charge is 2.25. The average molecular weight is 331 g/mol. The smallest absolute Gasteiger partial charge is 0.246 e. The number of nitrogens with zero attached hydrogens (tertiary/aromatic N) is 1. The highest BCUT2D eigenvalue weighted by atomic mass is 16.2. The monoisotopic (exact) mass is 331 g/mol. The van der Waals surface area contributed by atoms with Crippen molar-refractivity contribution in [1.29, 1.82) is 0 Å². The van der Waals surface area contributed by atoms with Crippen molar-refractivity contribution in [3.8, 4) is 0 Å². The van der Waals surface area contributed by atoms with Crippen molar-refractivity contribution >= 4 is 23.2 Å². The Morgan fingerprint density at radius 1 is 1.04 bits per heavy atom. The molecule has 0 radical (unpaired) electrons. The fourth-order valence-corrected chi connectivity index (χ4v) is 2.64. The summed E-state index contributed by atoms with van der Waals surface area (Å²) < 4.78 is 0. The largest absolute Gasteiger partial charge is 0.372 e. The number of hydrogen-bond acceptors (Lipinski definition) is 3. The second kappa shape index (κ2) is 7.69. The number of anilines is 2. The van der Waals surface area contributed by atoms with Gasteiger partial charge in [-0.05, 0) is 50.5 Å². The van der Waals surface area contributed by atoms with E-state index in [2.05, 4.69) is 15.5 Å². The summed E-state index contributed by atoms with van der Waals surface area (Å²) in [6.45, 7) is 9.37. The third kappa shape index (κ3) is 4.98. The van der Waals surface area contributed by atoms with Crippen LogP contribution in [0.15, 0.2) is 24.3 Å². The van der Waals surface area contributed by atoms with Crippen LogP contribution in [-0.2, 0) is 9.59 Å². The molecule has 0 aromatic heterocycles. The Bertz CT molecular complexity index is 569. The first kappa shape index (κ1) is 18.3. The lowest BCUT2D eigenvalue weighted by Crippen LogP contribution is -2.46. The van der Waals surface area contributed by atoms with Gasteiger partial charge in [0.2, 0.25) is 11.8 Å². The van der Waals surface area contributed by atoms with Crippen molar-refractivity contribution in [1.82, 2.24) is 5.32 Å². The van der Waals surface area contributed by atoms with Crippen LogP contribution in [0, 0.1) is 5.41 Å². The summed E-state index contributed by atoms with van der Waals surface area (Å²) in [5.74, 6) is -0.344. The molecule has 0 bridgehead atoms. The highest BCUT2D eigenvalue weighted by Crippen LogP contribution is 2.22. The Kier molecular flexibility index (Phi) is 5.86. The van der Waals surface area contributed by atoms with Crippen LogP contribution in [0.1, 0.15) is 47.0 Å². The Labute approximate surface area is 144 Å². The lowest BCUT2D eigenvalue weighted by Gasteiger charge is -2.29. The molecule has 1 atom stereocenters. The predicted molar refractivity (Wildman–Crippen MR) is 98.2 cm³/mol. The van der Waals surface area contributed by atoms with Gasteiger partial charge < -0.3 is 15.5 Å². The molecule has 1 aromatic rings. The minimum absolute atomic E-state index is 0.134. The Morgan fingerprint density at radius 2 is 1.62 bits per heavy atom. The van der Waals surface area contributed by atoms with Crippen molar-refractivity contribution in [2.75, 3.05) is 23.3 Å². The number of carbonyl (C=O) groups excluding carboxylic acids is 2. The molecule has 1 heterocycles. The fourth-order valence-electron chi connectivity index (χ4n) is 2.64. The second-order valence-electron chi connectivity index (χ2n) is 7.53. The van der Waals surface area contributed by atoms with Crippen LogP contribution in [0.25, 0.3) is 0 Å². The maximum absolute atomic E-state index is 12.2.